The third kappa shape index (κ3) is 4.22. The molecule has 2 aromatic rings. The number of aromatic nitrogens is 2. The topological polar surface area (TPSA) is 49.9 Å². The van der Waals surface area contributed by atoms with E-state index in [0.29, 0.717) is 12.1 Å². The summed E-state index contributed by atoms with van der Waals surface area (Å²) in [6.45, 7) is 4.57. The van der Waals surface area contributed by atoms with E-state index in [0.717, 1.165) is 17.0 Å². The number of benzene rings is 1. The minimum atomic E-state index is -4.69. The highest BCUT2D eigenvalue weighted by Crippen LogP contribution is 2.26. The summed E-state index contributed by atoms with van der Waals surface area (Å²) in [5.74, 6) is -0.182. The van der Waals surface area contributed by atoms with E-state index in [2.05, 4.69) is 20.3 Å². The van der Waals surface area contributed by atoms with Gasteiger partial charge >= 0.3 is 6.36 Å². The van der Waals surface area contributed by atoms with E-state index >= 15 is 0 Å². The molecule has 0 spiro atoms. The van der Waals surface area contributed by atoms with Crippen LogP contribution in [0.2, 0.25) is 0 Å². The van der Waals surface area contributed by atoms with Crippen molar-refractivity contribution in [1.82, 2.24) is 15.5 Å². The van der Waals surface area contributed by atoms with Crippen LogP contribution >= 0.6 is 0 Å². The number of H-pyrrole nitrogens is 1. The first kappa shape index (κ1) is 15.4. The quantitative estimate of drug-likeness (QED) is 0.891. The third-order valence-electron chi connectivity index (χ3n) is 3.10. The number of aryl methyl sites for hydroxylation is 2. The van der Waals surface area contributed by atoms with Gasteiger partial charge in [-0.05, 0) is 19.9 Å². The van der Waals surface area contributed by atoms with E-state index in [1.807, 2.05) is 13.8 Å². The van der Waals surface area contributed by atoms with Gasteiger partial charge in [0.25, 0.3) is 0 Å². The number of rotatable bonds is 5. The van der Waals surface area contributed by atoms with Crippen molar-refractivity contribution in [3.05, 3.63) is 46.8 Å². The number of alkyl halides is 3. The molecule has 0 fully saturated rings. The maximum absolute atomic E-state index is 12.3. The molecular weight excluding hydrogens is 283 g/mol. The maximum atomic E-state index is 12.3. The molecule has 0 saturated heterocycles. The van der Waals surface area contributed by atoms with Crippen molar-refractivity contribution in [2.45, 2.75) is 33.3 Å². The number of ether oxygens (including phenoxy) is 1. The fraction of sp³-hybridized carbons (Fsp3) is 0.357. The first-order chi connectivity index (χ1) is 9.87. The largest absolute Gasteiger partial charge is 0.573 e. The van der Waals surface area contributed by atoms with Crippen molar-refractivity contribution in [1.29, 1.82) is 0 Å². The Bertz CT molecular complexity index is 588. The second kappa shape index (κ2) is 6.17. The summed E-state index contributed by atoms with van der Waals surface area (Å²) in [7, 11) is 0. The Hall–Kier alpha value is -2.02. The van der Waals surface area contributed by atoms with Crippen LogP contribution in [-0.2, 0) is 13.1 Å². The predicted octanol–water partition coefficient (Wildman–Crippen LogP) is 3.21. The number of hydrogen-bond acceptors (Lipinski definition) is 3. The molecule has 0 amide bonds. The second-order valence-electron chi connectivity index (χ2n) is 4.67. The minimum absolute atomic E-state index is 0.182. The Labute approximate surface area is 120 Å². The monoisotopic (exact) mass is 299 g/mol. The Morgan fingerprint density at radius 3 is 2.52 bits per heavy atom. The van der Waals surface area contributed by atoms with Gasteiger partial charge in [-0.25, -0.2) is 0 Å². The van der Waals surface area contributed by atoms with Crippen LogP contribution in [0.15, 0.2) is 24.3 Å². The molecule has 21 heavy (non-hydrogen) atoms. The minimum Gasteiger partial charge on any atom is -0.405 e. The summed E-state index contributed by atoms with van der Waals surface area (Å²) in [5.41, 5.74) is 3.29. The highest BCUT2D eigenvalue weighted by molar-refractivity contribution is 5.33. The number of aromatic amines is 1. The molecular formula is C14H16F3N3O. The molecule has 1 aromatic heterocycles. The van der Waals surface area contributed by atoms with E-state index in [9.17, 15) is 13.2 Å². The van der Waals surface area contributed by atoms with Gasteiger partial charge in [-0.1, -0.05) is 18.2 Å². The Kier molecular flexibility index (Phi) is 4.52. The lowest BCUT2D eigenvalue weighted by molar-refractivity contribution is -0.274. The normalized spacial score (nSPS) is 11.7. The van der Waals surface area contributed by atoms with E-state index < -0.39 is 6.36 Å². The van der Waals surface area contributed by atoms with Crippen LogP contribution in [0.5, 0.6) is 5.75 Å². The van der Waals surface area contributed by atoms with E-state index in [1.165, 1.54) is 12.1 Å². The highest BCUT2D eigenvalue weighted by atomic mass is 19.4. The summed E-state index contributed by atoms with van der Waals surface area (Å²) in [6.07, 6.45) is -4.69. The van der Waals surface area contributed by atoms with E-state index in [1.54, 1.807) is 12.1 Å². The number of hydrogen-bond donors (Lipinski definition) is 2. The van der Waals surface area contributed by atoms with E-state index in [4.69, 9.17) is 0 Å². The SMILES string of the molecule is Cc1n[nH]c(C)c1CNCc1ccccc1OC(F)(F)F. The molecule has 0 saturated carbocycles. The number of para-hydroxylation sites is 1. The zero-order valence-electron chi connectivity index (χ0n) is 11.7. The molecule has 2 N–H and O–H groups in total. The zero-order chi connectivity index (χ0) is 15.5. The molecule has 4 nitrogen and oxygen atoms in total. The Morgan fingerprint density at radius 2 is 1.90 bits per heavy atom. The van der Waals surface area contributed by atoms with Gasteiger partial charge in [-0.15, -0.1) is 13.2 Å². The van der Waals surface area contributed by atoms with Crippen molar-refractivity contribution in [2.75, 3.05) is 0 Å². The molecule has 0 atom stereocenters. The molecule has 0 unspecified atom stereocenters. The van der Waals surface area contributed by atoms with Gasteiger partial charge < -0.3 is 10.1 Å². The smallest absolute Gasteiger partial charge is 0.405 e. The first-order valence-electron chi connectivity index (χ1n) is 6.41. The fourth-order valence-corrected chi connectivity index (χ4v) is 2.03. The van der Waals surface area contributed by atoms with Crippen LogP contribution < -0.4 is 10.1 Å². The fourth-order valence-electron chi connectivity index (χ4n) is 2.03. The predicted molar refractivity (Wildman–Crippen MR) is 71.7 cm³/mol. The molecule has 7 heteroatoms. The zero-order valence-corrected chi connectivity index (χ0v) is 11.7. The standard InChI is InChI=1S/C14H16F3N3O/c1-9-12(10(2)20-19-9)8-18-7-11-5-3-4-6-13(11)21-14(15,16)17/h3-6,18H,7-8H2,1-2H3,(H,19,20). The van der Waals surface area contributed by atoms with Crippen molar-refractivity contribution < 1.29 is 17.9 Å². The van der Waals surface area contributed by atoms with Crippen LogP contribution in [0.3, 0.4) is 0 Å². The number of nitrogens with zero attached hydrogens (tertiary/aromatic N) is 1. The van der Waals surface area contributed by atoms with Crippen molar-refractivity contribution in [3.63, 3.8) is 0 Å². The molecule has 0 bridgehead atoms. The molecule has 0 aliphatic rings. The van der Waals surface area contributed by atoms with Gasteiger partial charge in [-0.3, -0.25) is 5.10 Å². The molecule has 1 heterocycles. The third-order valence-corrected chi connectivity index (χ3v) is 3.10. The van der Waals surface area contributed by atoms with Crippen LogP contribution in [0.1, 0.15) is 22.5 Å². The number of halogens is 3. The molecule has 0 aliphatic heterocycles. The van der Waals surface area contributed by atoms with Crippen molar-refractivity contribution in [2.24, 2.45) is 0 Å². The van der Waals surface area contributed by atoms with Crippen LogP contribution in [0.25, 0.3) is 0 Å². The molecule has 0 aliphatic carbocycles. The molecule has 0 radical (unpaired) electrons. The van der Waals surface area contributed by atoms with Crippen LogP contribution in [0, 0.1) is 13.8 Å². The Balaban J connectivity index is 2.00. The van der Waals surface area contributed by atoms with E-state index in [-0.39, 0.29) is 12.3 Å². The van der Waals surface area contributed by atoms with Gasteiger partial charge in [-0.2, -0.15) is 5.10 Å². The van der Waals surface area contributed by atoms with Crippen LogP contribution in [-0.4, -0.2) is 16.6 Å². The van der Waals surface area contributed by atoms with Gasteiger partial charge in [0.05, 0.1) is 5.69 Å². The van der Waals surface area contributed by atoms with Gasteiger partial charge in [0.1, 0.15) is 5.75 Å². The van der Waals surface area contributed by atoms with Crippen LogP contribution in [0.4, 0.5) is 13.2 Å². The Morgan fingerprint density at radius 1 is 1.19 bits per heavy atom. The van der Waals surface area contributed by atoms with Crippen molar-refractivity contribution in [3.8, 4) is 5.75 Å². The molecule has 1 aromatic carbocycles. The summed E-state index contributed by atoms with van der Waals surface area (Å²) in [4.78, 5) is 0. The highest BCUT2D eigenvalue weighted by Gasteiger charge is 2.31. The lowest BCUT2D eigenvalue weighted by Gasteiger charge is -2.13. The summed E-state index contributed by atoms with van der Waals surface area (Å²) in [5, 5.41) is 10.0. The lowest BCUT2D eigenvalue weighted by Crippen LogP contribution is -2.20. The average molecular weight is 299 g/mol. The maximum Gasteiger partial charge on any atom is 0.573 e. The molecule has 2 rings (SSSR count). The first-order valence-corrected chi connectivity index (χ1v) is 6.41. The van der Waals surface area contributed by atoms with Crippen molar-refractivity contribution >= 4 is 0 Å². The lowest BCUT2D eigenvalue weighted by atomic mass is 10.1. The summed E-state index contributed by atoms with van der Waals surface area (Å²) in [6, 6.07) is 6.09. The summed E-state index contributed by atoms with van der Waals surface area (Å²) >= 11 is 0. The van der Waals surface area contributed by atoms with Gasteiger partial charge in [0, 0.05) is 29.9 Å². The summed E-state index contributed by atoms with van der Waals surface area (Å²) < 4.78 is 41.0. The average Bonchev–Trinajstić information content (AvgIpc) is 2.70. The second-order valence-corrected chi connectivity index (χ2v) is 4.67. The number of nitrogens with one attached hydrogen (secondary N) is 2. The molecule has 114 valence electrons. The van der Waals surface area contributed by atoms with Gasteiger partial charge in [0.2, 0.25) is 0 Å². The van der Waals surface area contributed by atoms with Gasteiger partial charge in [0.15, 0.2) is 0 Å².